The third-order valence-electron chi connectivity index (χ3n) is 5.77. The van der Waals surface area contributed by atoms with Crippen LogP contribution in [-0.4, -0.2) is 20.7 Å². The van der Waals surface area contributed by atoms with Gasteiger partial charge in [0.25, 0.3) is 11.5 Å². The molecule has 0 spiro atoms. The quantitative estimate of drug-likeness (QED) is 0.538. The number of carbonyl (C=O) groups excluding carboxylic acids is 1. The Morgan fingerprint density at radius 3 is 2.48 bits per heavy atom. The molecule has 0 unspecified atom stereocenters. The molecule has 1 aromatic carbocycles. The Morgan fingerprint density at radius 1 is 1.21 bits per heavy atom. The van der Waals surface area contributed by atoms with E-state index in [4.69, 9.17) is 0 Å². The van der Waals surface area contributed by atoms with Crippen molar-refractivity contribution in [2.24, 2.45) is 5.41 Å². The fraction of sp³-hybridized carbons (Fsp3) is 0.476. The van der Waals surface area contributed by atoms with Crippen LogP contribution in [0.15, 0.2) is 44.8 Å². The number of rotatable bonds is 7. The van der Waals surface area contributed by atoms with Gasteiger partial charge in [0.2, 0.25) is 0 Å². The number of fused-ring (bicyclic) bond motifs is 1. The lowest BCUT2D eigenvalue weighted by Gasteiger charge is -2.18. The largest absolute Gasteiger partial charge is 0.350 e. The Balaban J connectivity index is 1.81. The van der Waals surface area contributed by atoms with Crippen LogP contribution in [0.25, 0.3) is 10.9 Å². The molecule has 7 nitrogen and oxygen atoms in total. The molecule has 154 valence electrons. The van der Waals surface area contributed by atoms with Crippen molar-refractivity contribution in [3.8, 4) is 0 Å². The van der Waals surface area contributed by atoms with Crippen LogP contribution in [-0.2, 0) is 11.3 Å². The molecule has 1 aromatic heterocycles. The third kappa shape index (κ3) is 4.04. The first kappa shape index (κ1) is 20.0. The van der Waals surface area contributed by atoms with Crippen LogP contribution in [0.4, 0.5) is 0 Å². The Labute approximate surface area is 173 Å². The number of benzene rings is 1. The minimum absolute atomic E-state index is 0.0485. The van der Waals surface area contributed by atoms with Gasteiger partial charge in [-0.25, -0.2) is 4.79 Å². The van der Waals surface area contributed by atoms with E-state index in [9.17, 15) is 14.4 Å². The predicted octanol–water partition coefficient (Wildman–Crippen LogP) is 2.76. The lowest BCUT2D eigenvalue weighted by Crippen LogP contribution is -2.47. The predicted molar refractivity (Wildman–Crippen MR) is 116 cm³/mol. The van der Waals surface area contributed by atoms with E-state index in [1.54, 1.807) is 10.6 Å². The number of carbonyl (C=O) groups is 1. The second-order valence-corrected chi connectivity index (χ2v) is 9.86. The molecular weight excluding hydrogens is 388 g/mol. The van der Waals surface area contributed by atoms with Gasteiger partial charge in [-0.3, -0.25) is 24.3 Å². The molecule has 29 heavy (non-hydrogen) atoms. The topological polar surface area (TPSA) is 85.1 Å². The zero-order valence-electron chi connectivity index (χ0n) is 17.0. The zero-order chi connectivity index (χ0) is 21.0. The lowest BCUT2D eigenvalue weighted by atomic mass is 10.1. The number of amides is 1. The van der Waals surface area contributed by atoms with Crippen LogP contribution < -0.4 is 21.4 Å². The van der Waals surface area contributed by atoms with Crippen LogP contribution in [0.1, 0.15) is 46.5 Å². The van der Waals surface area contributed by atoms with Gasteiger partial charge in [-0.15, -0.1) is 0 Å². The summed E-state index contributed by atoms with van der Waals surface area (Å²) in [6, 6.07) is 5.54. The Bertz CT molecular complexity index is 1140. The molecule has 0 bridgehead atoms. The van der Waals surface area contributed by atoms with Gasteiger partial charge >= 0.3 is 5.69 Å². The molecule has 1 heterocycles. The minimum Gasteiger partial charge on any atom is -0.291 e. The van der Waals surface area contributed by atoms with E-state index < -0.39 is 17.2 Å². The van der Waals surface area contributed by atoms with Crippen molar-refractivity contribution in [1.82, 2.24) is 14.0 Å². The Morgan fingerprint density at radius 2 is 1.90 bits per heavy atom. The Kier molecular flexibility index (Phi) is 4.74. The normalized spacial score (nSPS) is 18.4. The number of hydrogen-bond acceptors (Lipinski definition) is 5. The first-order chi connectivity index (χ1) is 13.6. The molecule has 2 aromatic rings. The molecule has 0 atom stereocenters. The molecule has 1 amide bonds. The first-order valence-electron chi connectivity index (χ1n) is 9.81. The van der Waals surface area contributed by atoms with Crippen molar-refractivity contribution < 1.29 is 4.79 Å². The van der Waals surface area contributed by atoms with Gasteiger partial charge in [-0.1, -0.05) is 13.5 Å². The van der Waals surface area contributed by atoms with Crippen molar-refractivity contribution in [2.75, 3.05) is 5.43 Å². The maximum atomic E-state index is 13.1. The van der Waals surface area contributed by atoms with Gasteiger partial charge in [-0.05, 0) is 75.1 Å². The number of aromatic nitrogens is 2. The average Bonchev–Trinajstić information content (AvgIpc) is 3.60. The first-order valence-corrected chi connectivity index (χ1v) is 10.6. The molecule has 8 heteroatoms. The molecule has 0 saturated heterocycles. The van der Waals surface area contributed by atoms with Crippen molar-refractivity contribution >= 4 is 28.8 Å². The highest BCUT2D eigenvalue weighted by molar-refractivity contribution is 7.97. The molecule has 2 aliphatic carbocycles. The molecule has 0 radical (unpaired) electrons. The summed E-state index contributed by atoms with van der Waals surface area (Å²) in [6.07, 6.45) is 4.33. The second kappa shape index (κ2) is 6.88. The van der Waals surface area contributed by atoms with Gasteiger partial charge in [0.15, 0.2) is 0 Å². The van der Waals surface area contributed by atoms with Crippen molar-refractivity contribution in [3.63, 3.8) is 0 Å². The van der Waals surface area contributed by atoms with Crippen LogP contribution in [0.3, 0.4) is 0 Å². The number of nitrogens with one attached hydrogen (secondary N) is 2. The van der Waals surface area contributed by atoms with Crippen LogP contribution in [0, 0.1) is 5.41 Å². The van der Waals surface area contributed by atoms with Crippen LogP contribution in [0.5, 0.6) is 0 Å². The third-order valence-corrected chi connectivity index (χ3v) is 6.86. The monoisotopic (exact) mass is 414 g/mol. The van der Waals surface area contributed by atoms with E-state index in [2.05, 4.69) is 30.6 Å². The summed E-state index contributed by atoms with van der Waals surface area (Å²) in [5.74, 6) is -0.554. The smallest absolute Gasteiger partial charge is 0.291 e. The fourth-order valence-corrected chi connectivity index (χ4v) is 3.97. The molecule has 2 fully saturated rings. The van der Waals surface area contributed by atoms with Crippen molar-refractivity contribution in [1.29, 1.82) is 0 Å². The summed E-state index contributed by atoms with van der Waals surface area (Å²) in [4.78, 5) is 39.2. The summed E-state index contributed by atoms with van der Waals surface area (Å²) in [5, 5.41) is 0.406. The highest BCUT2D eigenvalue weighted by Crippen LogP contribution is 2.46. The molecule has 4 rings (SSSR count). The molecule has 2 aliphatic rings. The van der Waals surface area contributed by atoms with Crippen molar-refractivity contribution in [3.05, 3.63) is 51.2 Å². The van der Waals surface area contributed by atoms with Gasteiger partial charge in [0.05, 0.1) is 10.9 Å². The van der Waals surface area contributed by atoms with E-state index >= 15 is 0 Å². The average molecular weight is 415 g/mol. The van der Waals surface area contributed by atoms with E-state index in [-0.39, 0.29) is 16.5 Å². The highest BCUT2D eigenvalue weighted by atomic mass is 32.2. The summed E-state index contributed by atoms with van der Waals surface area (Å²) in [6.45, 7) is 9.91. The summed E-state index contributed by atoms with van der Waals surface area (Å²) in [5.41, 5.74) is 2.36. The zero-order valence-corrected chi connectivity index (χ0v) is 17.8. The molecular formula is C21H26N4O3S. The maximum absolute atomic E-state index is 13.1. The van der Waals surface area contributed by atoms with E-state index in [1.807, 2.05) is 12.1 Å². The maximum Gasteiger partial charge on any atom is 0.350 e. The van der Waals surface area contributed by atoms with E-state index in [0.29, 0.717) is 17.4 Å². The Hall–Kier alpha value is -2.32. The standard InChI is InChI=1S/C21H26N4O3S/c1-13(2)17(26)22-25-18(27)15-11-14(29-23-21(4)9-10-21)5-6-16(15)24(19(25)28)12-20(3)7-8-20/h5-6,11,23H,1,7-10,12H2,2-4H3,(H,22,26). The summed E-state index contributed by atoms with van der Waals surface area (Å²) >= 11 is 1.49. The summed E-state index contributed by atoms with van der Waals surface area (Å²) < 4.78 is 5.85. The minimum atomic E-state index is -0.554. The molecule has 0 aliphatic heterocycles. The second-order valence-electron chi connectivity index (χ2n) is 8.98. The van der Waals surface area contributed by atoms with E-state index in [0.717, 1.165) is 35.3 Å². The van der Waals surface area contributed by atoms with Crippen LogP contribution >= 0.6 is 11.9 Å². The van der Waals surface area contributed by atoms with Gasteiger partial charge < -0.3 is 0 Å². The van der Waals surface area contributed by atoms with Gasteiger partial charge in [0, 0.05) is 22.6 Å². The van der Waals surface area contributed by atoms with Gasteiger partial charge in [-0.2, -0.15) is 4.68 Å². The van der Waals surface area contributed by atoms with Gasteiger partial charge in [0.1, 0.15) is 0 Å². The lowest BCUT2D eigenvalue weighted by molar-refractivity contribution is -0.113. The fourth-order valence-electron chi connectivity index (χ4n) is 3.09. The number of hydrogen-bond donors (Lipinski definition) is 2. The molecule has 2 saturated carbocycles. The number of nitrogens with zero attached hydrogens (tertiary/aromatic N) is 2. The van der Waals surface area contributed by atoms with Crippen molar-refractivity contribution in [2.45, 2.75) is 63.4 Å². The molecule has 2 N–H and O–H groups in total. The SMILES string of the molecule is C=C(C)C(=O)Nn1c(=O)c2cc(SNC3(C)CC3)ccc2n(CC2(C)CC2)c1=O. The van der Waals surface area contributed by atoms with E-state index in [1.165, 1.54) is 18.9 Å². The van der Waals surface area contributed by atoms with Crippen LogP contribution in [0.2, 0.25) is 0 Å². The summed E-state index contributed by atoms with van der Waals surface area (Å²) in [7, 11) is 0. The highest BCUT2D eigenvalue weighted by Gasteiger charge is 2.39.